The largest absolute Gasteiger partial charge is 0.381 e. The number of hydrogen-bond acceptors (Lipinski definition) is 4. The third-order valence-electron chi connectivity index (χ3n) is 6.47. The van der Waals surface area contributed by atoms with E-state index in [1.807, 2.05) is 18.0 Å². The summed E-state index contributed by atoms with van der Waals surface area (Å²) < 4.78 is 20.5. The van der Waals surface area contributed by atoms with E-state index >= 15 is 4.39 Å². The highest BCUT2D eigenvalue weighted by atomic mass is 19.1. The van der Waals surface area contributed by atoms with Crippen LogP contribution in [0.25, 0.3) is 11.0 Å². The molecule has 2 aromatic heterocycles. The summed E-state index contributed by atoms with van der Waals surface area (Å²) in [6, 6.07) is 0.374. The van der Waals surface area contributed by atoms with Crippen LogP contribution in [0.2, 0.25) is 0 Å². The van der Waals surface area contributed by atoms with Crippen molar-refractivity contribution in [2.75, 3.05) is 31.2 Å². The van der Waals surface area contributed by atoms with Crippen LogP contribution in [0.1, 0.15) is 44.1 Å². The normalized spacial score (nSPS) is 25.7. The molecule has 0 aliphatic carbocycles. The number of carbonyl (C=O) groups is 1. The van der Waals surface area contributed by atoms with Crippen molar-refractivity contribution in [2.45, 2.75) is 50.6 Å². The van der Waals surface area contributed by atoms with Crippen LogP contribution in [0.3, 0.4) is 0 Å². The number of likely N-dealkylation sites (tertiary alicyclic amines) is 1. The van der Waals surface area contributed by atoms with Gasteiger partial charge in [0.1, 0.15) is 5.65 Å². The van der Waals surface area contributed by atoms with Gasteiger partial charge < -0.3 is 19.5 Å². The molecule has 2 bridgehead atoms. The fourth-order valence-corrected chi connectivity index (χ4v) is 5.14. The number of aromatic amines is 1. The van der Waals surface area contributed by atoms with Gasteiger partial charge in [-0.2, -0.15) is 0 Å². The van der Waals surface area contributed by atoms with Crippen LogP contribution in [0.5, 0.6) is 0 Å². The number of nitrogens with zero attached hydrogens (tertiary/aromatic N) is 3. The Hall–Kier alpha value is -2.15. The third kappa shape index (κ3) is 2.63. The van der Waals surface area contributed by atoms with Gasteiger partial charge >= 0.3 is 0 Å². The number of hydrogen-bond donors (Lipinski definition) is 1. The molecule has 3 aliphatic heterocycles. The molecular weight excluding hydrogens is 347 g/mol. The molecule has 1 N–H and O–H groups in total. The van der Waals surface area contributed by atoms with Crippen molar-refractivity contribution >= 4 is 22.6 Å². The summed E-state index contributed by atoms with van der Waals surface area (Å²) in [6.07, 6.45) is 6.68. The van der Waals surface area contributed by atoms with Gasteiger partial charge in [-0.25, -0.2) is 9.37 Å². The number of H-pyrrole nitrogens is 1. The molecule has 5 heterocycles. The van der Waals surface area contributed by atoms with E-state index in [0.717, 1.165) is 49.1 Å². The molecule has 144 valence electrons. The average molecular weight is 372 g/mol. The van der Waals surface area contributed by atoms with Gasteiger partial charge in [0.25, 0.3) is 0 Å². The smallest absolute Gasteiger partial charge is 0.222 e. The van der Waals surface area contributed by atoms with Gasteiger partial charge in [0.15, 0.2) is 5.82 Å². The molecule has 0 saturated carbocycles. The molecule has 0 spiro atoms. The van der Waals surface area contributed by atoms with E-state index in [9.17, 15) is 4.79 Å². The summed E-state index contributed by atoms with van der Waals surface area (Å²) in [5.74, 6) is 0.302. The Kier molecular flexibility index (Phi) is 4.07. The summed E-state index contributed by atoms with van der Waals surface area (Å²) in [4.78, 5) is 23.9. The maximum atomic E-state index is 15.0. The minimum Gasteiger partial charge on any atom is -0.381 e. The summed E-state index contributed by atoms with van der Waals surface area (Å²) in [7, 11) is 0. The lowest BCUT2D eigenvalue weighted by Gasteiger charge is -2.36. The van der Waals surface area contributed by atoms with E-state index in [4.69, 9.17) is 4.74 Å². The molecule has 5 rings (SSSR count). The maximum Gasteiger partial charge on any atom is 0.222 e. The summed E-state index contributed by atoms with van der Waals surface area (Å²) >= 11 is 0. The van der Waals surface area contributed by atoms with Crippen LogP contribution >= 0.6 is 0 Å². The number of amides is 1. The lowest BCUT2D eigenvalue weighted by atomic mass is 9.91. The topological polar surface area (TPSA) is 61.5 Å². The van der Waals surface area contributed by atoms with E-state index in [1.54, 1.807) is 0 Å². The first-order valence-corrected chi connectivity index (χ1v) is 9.96. The number of rotatable bonds is 3. The Morgan fingerprint density at radius 2 is 2.15 bits per heavy atom. The Labute approximate surface area is 157 Å². The lowest BCUT2D eigenvalue weighted by molar-refractivity contribution is -0.131. The van der Waals surface area contributed by atoms with Gasteiger partial charge in [-0.3, -0.25) is 4.79 Å². The highest BCUT2D eigenvalue weighted by Crippen LogP contribution is 2.42. The highest BCUT2D eigenvalue weighted by molar-refractivity contribution is 5.94. The number of nitrogens with one attached hydrogen (secondary N) is 1. The third-order valence-corrected chi connectivity index (χ3v) is 6.47. The summed E-state index contributed by atoms with van der Waals surface area (Å²) in [5.41, 5.74) is 2.57. The molecule has 2 atom stereocenters. The van der Waals surface area contributed by atoms with Crippen LogP contribution < -0.4 is 4.90 Å². The van der Waals surface area contributed by atoms with Gasteiger partial charge in [-0.15, -0.1) is 0 Å². The number of piperazine rings is 1. The first-order chi connectivity index (χ1) is 13.2. The Balaban J connectivity index is 1.53. The minimum absolute atomic E-state index is 0.183. The van der Waals surface area contributed by atoms with Gasteiger partial charge in [0.2, 0.25) is 5.91 Å². The molecule has 0 aromatic carbocycles. The van der Waals surface area contributed by atoms with Crippen LogP contribution in [0.4, 0.5) is 10.1 Å². The zero-order valence-corrected chi connectivity index (χ0v) is 15.6. The molecule has 0 radical (unpaired) electrons. The number of ether oxygens (including phenoxy) is 1. The molecule has 6 nitrogen and oxygen atoms in total. The number of anilines is 1. The first kappa shape index (κ1) is 17.0. The van der Waals surface area contributed by atoms with Crippen molar-refractivity contribution in [3.05, 3.63) is 23.8 Å². The molecular formula is C20H25FN4O2. The summed E-state index contributed by atoms with van der Waals surface area (Å²) in [6.45, 7) is 4.79. The predicted octanol–water partition coefficient (Wildman–Crippen LogP) is 2.80. The Morgan fingerprint density at radius 1 is 1.33 bits per heavy atom. The van der Waals surface area contributed by atoms with Crippen LogP contribution in [0.15, 0.2) is 12.4 Å². The molecule has 3 aliphatic rings. The molecule has 0 unspecified atom stereocenters. The highest BCUT2D eigenvalue weighted by Gasteiger charge is 2.46. The second-order valence-electron chi connectivity index (χ2n) is 7.90. The number of carbonyl (C=O) groups excluding carboxylic acids is 1. The number of aromatic nitrogens is 2. The lowest BCUT2D eigenvalue weighted by Crippen LogP contribution is -2.49. The Morgan fingerprint density at radius 3 is 2.85 bits per heavy atom. The molecule has 3 fully saturated rings. The van der Waals surface area contributed by atoms with Crippen molar-refractivity contribution in [3.63, 3.8) is 0 Å². The van der Waals surface area contributed by atoms with E-state index in [1.165, 1.54) is 6.20 Å². The monoisotopic (exact) mass is 372 g/mol. The zero-order valence-electron chi connectivity index (χ0n) is 15.6. The molecule has 27 heavy (non-hydrogen) atoms. The fraction of sp³-hybridized carbons (Fsp3) is 0.600. The van der Waals surface area contributed by atoms with Gasteiger partial charge in [0.05, 0.1) is 17.9 Å². The molecule has 1 amide bonds. The van der Waals surface area contributed by atoms with Crippen LogP contribution in [-0.2, 0) is 9.53 Å². The van der Waals surface area contributed by atoms with E-state index in [-0.39, 0.29) is 23.8 Å². The van der Waals surface area contributed by atoms with E-state index in [0.29, 0.717) is 31.1 Å². The van der Waals surface area contributed by atoms with Crippen LogP contribution in [-0.4, -0.2) is 59.2 Å². The standard InChI is InChI=1S/C20H25FN4O2/c1-2-17(26)24-10-14-7-13(24)11-25(14)19-16(21)9-23-20-18(19)15(8-22-20)12-3-5-27-6-4-12/h8-9,12-14H,2-7,10-11H2,1H3,(H,22,23)/t13-,14-/m0/s1. The number of halogens is 1. The first-order valence-electron chi connectivity index (χ1n) is 9.96. The van der Waals surface area contributed by atoms with Gasteiger partial charge in [0, 0.05) is 50.3 Å². The molecule has 2 aromatic rings. The van der Waals surface area contributed by atoms with Gasteiger partial charge in [-0.1, -0.05) is 6.92 Å². The second kappa shape index (κ2) is 6.48. The minimum atomic E-state index is -0.267. The van der Waals surface area contributed by atoms with Crippen molar-refractivity contribution in [2.24, 2.45) is 0 Å². The van der Waals surface area contributed by atoms with Crippen molar-refractivity contribution in [1.29, 1.82) is 0 Å². The number of pyridine rings is 1. The van der Waals surface area contributed by atoms with Crippen molar-refractivity contribution < 1.29 is 13.9 Å². The zero-order chi connectivity index (χ0) is 18.5. The van der Waals surface area contributed by atoms with Gasteiger partial charge in [-0.05, 0) is 30.7 Å². The number of fused-ring (bicyclic) bond motifs is 3. The second-order valence-corrected chi connectivity index (χ2v) is 7.90. The maximum absolute atomic E-state index is 15.0. The summed E-state index contributed by atoms with van der Waals surface area (Å²) in [5, 5.41) is 0.919. The predicted molar refractivity (Wildman–Crippen MR) is 100 cm³/mol. The van der Waals surface area contributed by atoms with E-state index in [2.05, 4.69) is 14.9 Å². The average Bonchev–Trinajstić information content (AvgIpc) is 3.41. The van der Waals surface area contributed by atoms with E-state index < -0.39 is 0 Å². The molecule has 7 heteroatoms. The molecule has 3 saturated heterocycles. The van der Waals surface area contributed by atoms with Crippen molar-refractivity contribution in [1.82, 2.24) is 14.9 Å². The SMILES string of the molecule is CCC(=O)N1C[C@@H]2C[C@H]1CN2c1c(F)cnc2[nH]cc(C3CCOCC3)c12. The fourth-order valence-electron chi connectivity index (χ4n) is 5.14. The Bertz CT molecular complexity index is 876. The van der Waals surface area contributed by atoms with Crippen molar-refractivity contribution in [3.8, 4) is 0 Å². The van der Waals surface area contributed by atoms with Crippen LogP contribution in [0, 0.1) is 5.82 Å². The quantitative estimate of drug-likeness (QED) is 0.900.